The summed E-state index contributed by atoms with van der Waals surface area (Å²) in [4.78, 5) is 12.8. The quantitative estimate of drug-likeness (QED) is 0.782. The van der Waals surface area contributed by atoms with E-state index in [9.17, 15) is 4.89 Å². The summed E-state index contributed by atoms with van der Waals surface area (Å²) in [7, 11) is 3.91. The van der Waals surface area contributed by atoms with Gasteiger partial charge >= 0.3 is 0 Å². The van der Waals surface area contributed by atoms with E-state index < -0.39 is 6.99 Å². The molecule has 0 bridgehead atoms. The average Bonchev–Trinajstić information content (AvgIpc) is 2.60. The van der Waals surface area contributed by atoms with E-state index >= 15 is 0 Å². The summed E-state index contributed by atoms with van der Waals surface area (Å²) >= 11 is 5.14. The Kier molecular flexibility index (Phi) is 5.09. The van der Waals surface area contributed by atoms with Crippen molar-refractivity contribution in [1.82, 2.24) is 9.34 Å². The zero-order chi connectivity index (χ0) is 13.2. The Morgan fingerprint density at radius 3 is 2.50 bits per heavy atom. The van der Waals surface area contributed by atoms with Crippen molar-refractivity contribution >= 4 is 34.3 Å². The van der Waals surface area contributed by atoms with E-state index in [0.29, 0.717) is 0 Å². The van der Waals surface area contributed by atoms with Crippen LogP contribution < -0.4 is 4.89 Å². The van der Waals surface area contributed by atoms with Crippen LogP contribution in [0.2, 0.25) is 0 Å². The fraction of sp³-hybridized carbons (Fsp3) is 0.500. The molecule has 0 amide bonds. The van der Waals surface area contributed by atoms with Gasteiger partial charge < -0.3 is 4.89 Å². The molecule has 18 heavy (non-hydrogen) atoms. The first kappa shape index (κ1) is 14.8. The van der Waals surface area contributed by atoms with E-state index in [0.717, 1.165) is 29.7 Å². The highest BCUT2D eigenvalue weighted by Gasteiger charge is 2.43. The monoisotopic (exact) mass is 348 g/mol. The van der Waals surface area contributed by atoms with Crippen molar-refractivity contribution < 1.29 is 4.89 Å². The Balaban J connectivity index is 1.91. The van der Waals surface area contributed by atoms with Gasteiger partial charge in [0.2, 0.25) is 0 Å². The maximum Gasteiger partial charge on any atom is 0.169 e. The second kappa shape index (κ2) is 6.21. The van der Waals surface area contributed by atoms with Crippen molar-refractivity contribution in [3.8, 4) is 0 Å². The maximum absolute atomic E-state index is 12.8. The van der Waals surface area contributed by atoms with Crippen LogP contribution in [0.3, 0.4) is 0 Å². The smallest absolute Gasteiger partial charge is 0.169 e. The Morgan fingerprint density at radius 2 is 1.89 bits per heavy atom. The number of halogens is 1. The van der Waals surface area contributed by atoms with Crippen LogP contribution in [0.5, 0.6) is 0 Å². The van der Waals surface area contributed by atoms with Gasteiger partial charge in [-0.05, 0) is 18.1 Å². The minimum atomic E-state index is -2.34. The second-order valence-corrected chi connectivity index (χ2v) is 10.5. The summed E-state index contributed by atoms with van der Waals surface area (Å²) in [5.41, 5.74) is 1.28. The van der Waals surface area contributed by atoms with Crippen LogP contribution >= 0.6 is 34.3 Å². The molecule has 1 fully saturated rings. The van der Waals surface area contributed by atoms with E-state index in [-0.39, 0.29) is 0 Å². The molecule has 1 aromatic carbocycles. The van der Waals surface area contributed by atoms with Gasteiger partial charge in [0.25, 0.3) is 0 Å². The van der Waals surface area contributed by atoms with Crippen molar-refractivity contribution in [2.45, 2.75) is 6.42 Å². The summed E-state index contributed by atoms with van der Waals surface area (Å²) in [5.74, 6) is 0.884. The first-order valence-corrected chi connectivity index (χ1v) is 9.95. The fourth-order valence-corrected chi connectivity index (χ4v) is 7.27. The lowest BCUT2D eigenvalue weighted by atomic mass is 10.2. The number of aryl methyl sites for hydroxylation is 1. The third-order valence-electron chi connectivity index (χ3n) is 3.20. The number of nitrogens with zero attached hydrogens (tertiary/aromatic N) is 2. The van der Waals surface area contributed by atoms with E-state index in [2.05, 4.69) is 28.1 Å². The van der Waals surface area contributed by atoms with Crippen molar-refractivity contribution in [2.24, 2.45) is 0 Å². The molecule has 1 aliphatic rings. The van der Waals surface area contributed by atoms with Crippen molar-refractivity contribution in [1.29, 1.82) is 0 Å². The summed E-state index contributed by atoms with van der Waals surface area (Å²) in [6.07, 6.45) is 0.942. The zero-order valence-corrected chi connectivity index (χ0v) is 14.0. The molecule has 1 heterocycles. The molecule has 0 aliphatic carbocycles. The highest BCUT2D eigenvalue weighted by atomic mass is 79.9. The van der Waals surface area contributed by atoms with Gasteiger partial charge in [0.05, 0.1) is 24.5 Å². The molecule has 1 aliphatic heterocycles. The summed E-state index contributed by atoms with van der Waals surface area (Å²) < 4.78 is 5.13. The Bertz CT molecular complexity index is 411. The van der Waals surface area contributed by atoms with Crippen molar-refractivity contribution in [3.63, 3.8) is 0 Å². The molecule has 0 spiro atoms. The van der Waals surface area contributed by atoms with E-state index in [1.54, 1.807) is 11.4 Å². The molecule has 0 saturated carbocycles. The third-order valence-corrected chi connectivity index (χ3v) is 10.1. The van der Waals surface area contributed by atoms with Crippen LogP contribution in [0, 0.1) is 0 Å². The van der Waals surface area contributed by atoms with Gasteiger partial charge in [-0.3, -0.25) is 0 Å². The highest BCUT2D eigenvalue weighted by Crippen LogP contribution is 2.68. The van der Waals surface area contributed by atoms with Gasteiger partial charge in [-0.2, -0.15) is 9.34 Å². The molecule has 1 aromatic rings. The van der Waals surface area contributed by atoms with E-state index in [1.807, 2.05) is 35.6 Å². The first-order chi connectivity index (χ1) is 8.54. The standard InChI is InChI=1S/C12H18BrN2OPS/c1-14-8-9-15(2)17(14,16)18-10-7-11-5-3-4-6-12(11)13/h3-6H,7-10H2,1-2H3. The largest absolute Gasteiger partial charge is 0.641 e. The van der Waals surface area contributed by atoms with Crippen LogP contribution in [-0.2, 0) is 6.42 Å². The van der Waals surface area contributed by atoms with Crippen LogP contribution in [0.1, 0.15) is 5.56 Å². The lowest BCUT2D eigenvalue weighted by molar-refractivity contribution is -0.180. The molecule has 0 atom stereocenters. The van der Waals surface area contributed by atoms with Crippen molar-refractivity contribution in [2.75, 3.05) is 32.9 Å². The fourth-order valence-electron chi connectivity index (χ4n) is 1.98. The molecular weight excluding hydrogens is 331 g/mol. The molecule has 0 unspecified atom stereocenters. The van der Waals surface area contributed by atoms with Crippen LogP contribution in [0.15, 0.2) is 28.7 Å². The normalized spacial score (nSPS) is 20.4. The summed E-state index contributed by atoms with van der Waals surface area (Å²) in [5, 5.41) is 0. The first-order valence-electron chi connectivity index (χ1n) is 5.95. The van der Waals surface area contributed by atoms with E-state index in [4.69, 9.17) is 0 Å². The predicted octanol–water partition coefficient (Wildman–Crippen LogP) is 2.64. The molecule has 3 nitrogen and oxygen atoms in total. The van der Waals surface area contributed by atoms with Crippen LogP contribution in [-0.4, -0.2) is 42.3 Å². The minimum absolute atomic E-state index is 0.884. The van der Waals surface area contributed by atoms with Gasteiger partial charge in [-0.15, -0.1) is 0 Å². The lowest BCUT2D eigenvalue weighted by Gasteiger charge is -2.34. The molecule has 0 N–H and O–H groups in total. The maximum atomic E-state index is 12.8. The number of rotatable bonds is 4. The minimum Gasteiger partial charge on any atom is -0.641 e. The van der Waals surface area contributed by atoms with Crippen LogP contribution in [0.25, 0.3) is 0 Å². The lowest BCUT2D eigenvalue weighted by Crippen LogP contribution is -2.27. The molecule has 1 saturated heterocycles. The molecular formula is C12H18BrN2OPS. The third kappa shape index (κ3) is 3.09. The van der Waals surface area contributed by atoms with Gasteiger partial charge in [0, 0.05) is 24.3 Å². The molecule has 0 radical (unpaired) electrons. The highest BCUT2D eigenvalue weighted by molar-refractivity contribution is 9.10. The van der Waals surface area contributed by atoms with E-state index in [1.165, 1.54) is 5.56 Å². The average molecular weight is 349 g/mol. The van der Waals surface area contributed by atoms with Gasteiger partial charge in [0.1, 0.15) is 0 Å². The Labute approximate surface area is 122 Å². The van der Waals surface area contributed by atoms with Gasteiger partial charge in [-0.1, -0.05) is 34.1 Å². The second-order valence-electron chi connectivity index (χ2n) is 4.43. The van der Waals surface area contributed by atoms with Gasteiger partial charge in [-0.25, -0.2) is 0 Å². The molecule has 100 valence electrons. The predicted molar refractivity (Wildman–Crippen MR) is 82.5 cm³/mol. The zero-order valence-electron chi connectivity index (χ0n) is 10.7. The summed E-state index contributed by atoms with van der Waals surface area (Å²) in [6, 6.07) is 8.22. The Hall–Kier alpha value is 0.360. The SMILES string of the molecule is CN1CCN(C)[P+]1([O-])SCCc1ccccc1Br. The molecule has 2 rings (SSSR count). The van der Waals surface area contributed by atoms with Gasteiger partial charge in [0.15, 0.2) is 6.99 Å². The number of likely N-dealkylation sites (N-methyl/N-ethyl adjacent to an activating group) is 2. The molecule has 6 heteroatoms. The number of hydrogen-bond donors (Lipinski definition) is 0. The van der Waals surface area contributed by atoms with Crippen LogP contribution in [0.4, 0.5) is 0 Å². The molecule has 0 aromatic heterocycles. The summed E-state index contributed by atoms with van der Waals surface area (Å²) in [6.45, 7) is -0.539. The Morgan fingerprint density at radius 1 is 1.28 bits per heavy atom. The topological polar surface area (TPSA) is 29.5 Å². The number of benzene rings is 1. The number of hydrogen-bond acceptors (Lipinski definition) is 4. The van der Waals surface area contributed by atoms with Crippen molar-refractivity contribution in [3.05, 3.63) is 34.3 Å².